The number of allylic oxidation sites excluding steroid dienone is 6. The monoisotopic (exact) mass is 666 g/mol. The van der Waals surface area contributed by atoms with Crippen molar-refractivity contribution in [3.05, 3.63) is 120 Å². The van der Waals surface area contributed by atoms with Crippen LogP contribution in [0.5, 0.6) is 5.75 Å². The van der Waals surface area contributed by atoms with Crippen LogP contribution in [-0.2, 0) is 6.54 Å². The van der Waals surface area contributed by atoms with Crippen molar-refractivity contribution < 1.29 is 37.7 Å². The first-order valence-corrected chi connectivity index (χ1v) is 14.8. The van der Waals surface area contributed by atoms with Crippen molar-refractivity contribution in [3.8, 4) is 5.75 Å². The number of oxazole rings is 1. The van der Waals surface area contributed by atoms with Crippen molar-refractivity contribution in [2.24, 2.45) is 0 Å². The van der Waals surface area contributed by atoms with Crippen molar-refractivity contribution >= 4 is 44.4 Å². The number of aromatic nitrogens is 1. The summed E-state index contributed by atoms with van der Waals surface area (Å²) in [5.74, 6) is 2.73. The second-order valence-electron chi connectivity index (χ2n) is 10.8. The molecule has 7 rings (SSSR count). The number of rotatable bonds is 5. The van der Waals surface area contributed by atoms with E-state index in [2.05, 4.69) is 127 Å². The van der Waals surface area contributed by atoms with E-state index < -0.39 is 0 Å². The maximum Gasteiger partial charge on any atom is 0.374 e. The van der Waals surface area contributed by atoms with Gasteiger partial charge in [0.15, 0.2) is 5.75 Å². The maximum absolute atomic E-state index is 6.46. The molecule has 0 N–H and O–H groups in total. The van der Waals surface area contributed by atoms with Gasteiger partial charge in [0.05, 0.1) is 11.8 Å². The zero-order chi connectivity index (χ0) is 27.9. The fraction of sp³-hybridized carbons (Fsp3) is 0.216. The Morgan fingerprint density at radius 2 is 1.57 bits per heavy atom. The standard InChI is InChI=1S/C37H35N2O2.HI/c1-4-38-32-21-17-28-11-6-8-15-30(28)36(32)40-34(38)23-19-26-13-10-14-27(25(26)3)20-24-35-39(5-2)33-22-18-29-12-7-9-16-31(29)37(33)41-35;/h6-9,11-12,15-24H,4-5,10,13-14H2,1-3H3;1H/q+1;/p-1. The second kappa shape index (κ2) is 11.8. The quantitative estimate of drug-likeness (QED) is 0.164. The summed E-state index contributed by atoms with van der Waals surface area (Å²) in [6.45, 7) is 8.30. The van der Waals surface area contributed by atoms with E-state index in [1.807, 2.05) is 0 Å². The normalized spacial score (nSPS) is 17.2. The van der Waals surface area contributed by atoms with E-state index in [1.165, 1.54) is 27.5 Å². The molecule has 0 unspecified atom stereocenters. The molecule has 0 spiro atoms. The molecule has 2 aliphatic rings. The summed E-state index contributed by atoms with van der Waals surface area (Å²) >= 11 is 0. The fourth-order valence-corrected chi connectivity index (χ4v) is 6.37. The Morgan fingerprint density at radius 3 is 2.36 bits per heavy atom. The number of aryl methyl sites for hydroxylation is 1. The van der Waals surface area contributed by atoms with Crippen molar-refractivity contribution in [3.63, 3.8) is 0 Å². The lowest BCUT2D eigenvalue weighted by Gasteiger charge is -2.19. The van der Waals surface area contributed by atoms with Gasteiger partial charge >= 0.3 is 5.89 Å². The molecule has 0 saturated carbocycles. The van der Waals surface area contributed by atoms with E-state index in [4.69, 9.17) is 9.15 Å². The van der Waals surface area contributed by atoms with Crippen LogP contribution in [0.4, 0.5) is 5.69 Å². The summed E-state index contributed by atoms with van der Waals surface area (Å²) in [5.41, 5.74) is 7.30. The molecule has 1 aliphatic carbocycles. The molecule has 4 aromatic carbocycles. The third-order valence-corrected chi connectivity index (χ3v) is 8.59. The topological polar surface area (TPSA) is 29.5 Å². The van der Waals surface area contributed by atoms with Crippen LogP contribution in [0.25, 0.3) is 38.7 Å². The van der Waals surface area contributed by atoms with Crippen LogP contribution in [0, 0.1) is 0 Å². The molecular weight excluding hydrogens is 631 g/mol. The average molecular weight is 667 g/mol. The number of ether oxygens (including phenoxy) is 1. The maximum atomic E-state index is 6.46. The van der Waals surface area contributed by atoms with Gasteiger partial charge in [-0.15, -0.1) is 0 Å². The molecule has 0 atom stereocenters. The lowest BCUT2D eigenvalue weighted by Crippen LogP contribution is -3.00. The Hall–Kier alpha value is -3.84. The third-order valence-electron chi connectivity index (χ3n) is 8.59. The largest absolute Gasteiger partial charge is 1.00 e. The Balaban J connectivity index is 0.00000316. The summed E-state index contributed by atoms with van der Waals surface area (Å²) in [4.78, 5) is 2.26. The second-order valence-corrected chi connectivity index (χ2v) is 10.8. The molecule has 0 amide bonds. The molecule has 212 valence electrons. The van der Waals surface area contributed by atoms with E-state index in [0.29, 0.717) is 0 Å². The summed E-state index contributed by atoms with van der Waals surface area (Å²) in [6, 6.07) is 25.6. The highest BCUT2D eigenvalue weighted by Crippen LogP contribution is 2.44. The predicted octanol–water partition coefficient (Wildman–Crippen LogP) is 6.25. The van der Waals surface area contributed by atoms with E-state index in [-0.39, 0.29) is 24.0 Å². The molecule has 42 heavy (non-hydrogen) atoms. The van der Waals surface area contributed by atoms with E-state index >= 15 is 0 Å². The average Bonchev–Trinajstić information content (AvgIpc) is 3.57. The first-order valence-electron chi connectivity index (χ1n) is 14.8. The molecular formula is C37H35IN2O2. The molecule has 0 saturated heterocycles. The lowest BCUT2D eigenvalue weighted by molar-refractivity contribution is -0.674. The summed E-state index contributed by atoms with van der Waals surface area (Å²) in [7, 11) is 0. The molecule has 2 heterocycles. The summed E-state index contributed by atoms with van der Waals surface area (Å²) in [6.07, 6.45) is 12.1. The molecule has 5 aromatic rings. The lowest BCUT2D eigenvalue weighted by atomic mass is 9.87. The van der Waals surface area contributed by atoms with E-state index in [9.17, 15) is 0 Å². The Labute approximate surface area is 264 Å². The molecule has 1 aromatic heterocycles. The van der Waals surface area contributed by atoms with Crippen LogP contribution in [0.15, 0.2) is 118 Å². The Kier molecular flexibility index (Phi) is 7.95. The summed E-state index contributed by atoms with van der Waals surface area (Å²) < 4.78 is 15.2. The molecule has 5 heteroatoms. The predicted molar refractivity (Wildman–Crippen MR) is 169 cm³/mol. The molecule has 0 bridgehead atoms. The number of hydrogen-bond donors (Lipinski definition) is 0. The zero-order valence-corrected chi connectivity index (χ0v) is 26.5. The van der Waals surface area contributed by atoms with Gasteiger partial charge in [-0.3, -0.25) is 0 Å². The minimum absolute atomic E-state index is 0. The fourth-order valence-electron chi connectivity index (χ4n) is 6.37. The van der Waals surface area contributed by atoms with Crippen LogP contribution in [-0.4, -0.2) is 6.54 Å². The highest BCUT2D eigenvalue weighted by Gasteiger charge is 2.27. The Morgan fingerprint density at radius 1 is 0.833 bits per heavy atom. The van der Waals surface area contributed by atoms with Gasteiger partial charge in [-0.05, 0) is 91.8 Å². The van der Waals surface area contributed by atoms with Crippen LogP contribution in [0.2, 0.25) is 0 Å². The number of benzene rings is 4. The number of halogens is 1. The van der Waals surface area contributed by atoms with Crippen molar-refractivity contribution in [2.75, 3.05) is 11.4 Å². The molecule has 0 radical (unpaired) electrons. The van der Waals surface area contributed by atoms with Gasteiger partial charge in [0.2, 0.25) is 11.5 Å². The van der Waals surface area contributed by atoms with Crippen LogP contribution in [0.1, 0.15) is 45.9 Å². The number of anilines is 1. The van der Waals surface area contributed by atoms with Crippen LogP contribution < -0.4 is 38.2 Å². The number of nitrogens with zero attached hydrogens (tertiary/aromatic N) is 2. The van der Waals surface area contributed by atoms with Gasteiger partial charge in [0.25, 0.3) is 5.52 Å². The van der Waals surface area contributed by atoms with Crippen LogP contribution >= 0.6 is 0 Å². The van der Waals surface area contributed by atoms with Gasteiger partial charge in [0, 0.05) is 23.4 Å². The number of hydrogen-bond acceptors (Lipinski definition) is 3. The Bertz CT molecular complexity index is 1940. The zero-order valence-electron chi connectivity index (χ0n) is 24.4. The van der Waals surface area contributed by atoms with E-state index in [1.54, 1.807) is 0 Å². The highest BCUT2D eigenvalue weighted by atomic mass is 127. The highest BCUT2D eigenvalue weighted by molar-refractivity contribution is 6.02. The van der Waals surface area contributed by atoms with Gasteiger partial charge in [0.1, 0.15) is 6.54 Å². The molecule has 1 aliphatic heterocycles. The smallest absolute Gasteiger partial charge is 0.374 e. The van der Waals surface area contributed by atoms with Crippen LogP contribution in [0.3, 0.4) is 0 Å². The minimum atomic E-state index is 0. The van der Waals surface area contributed by atoms with Gasteiger partial charge in [-0.25, -0.2) is 0 Å². The van der Waals surface area contributed by atoms with Crippen molar-refractivity contribution in [1.82, 2.24) is 0 Å². The molecule has 0 fully saturated rings. The minimum Gasteiger partial charge on any atom is -1.00 e. The SMILES string of the molecule is CCN1/C(=C/C=C2\CCCC(/C=C/c3oc4c5ccccc5ccc4[n+]3CC)=C2C)Oc2c1ccc1ccccc21.[I-]. The van der Waals surface area contributed by atoms with Crippen molar-refractivity contribution in [1.29, 1.82) is 0 Å². The van der Waals surface area contributed by atoms with Gasteiger partial charge in [-0.1, -0.05) is 60.7 Å². The van der Waals surface area contributed by atoms with Gasteiger partial charge < -0.3 is 38.0 Å². The van der Waals surface area contributed by atoms with Gasteiger partial charge in [-0.2, -0.15) is 4.57 Å². The summed E-state index contributed by atoms with van der Waals surface area (Å²) in [5, 5.41) is 4.71. The third kappa shape index (κ3) is 4.83. The first-order chi connectivity index (χ1) is 20.2. The first kappa shape index (κ1) is 28.3. The van der Waals surface area contributed by atoms with E-state index in [0.717, 1.165) is 77.4 Å². The van der Waals surface area contributed by atoms with Crippen molar-refractivity contribution in [2.45, 2.75) is 46.6 Å². The number of fused-ring (bicyclic) bond motifs is 6. The molecule has 4 nitrogen and oxygen atoms in total.